The van der Waals surface area contributed by atoms with E-state index in [0.717, 1.165) is 50.5 Å². The van der Waals surface area contributed by atoms with Crippen LogP contribution >= 0.6 is 11.8 Å². The van der Waals surface area contributed by atoms with E-state index in [0.29, 0.717) is 17.9 Å². The summed E-state index contributed by atoms with van der Waals surface area (Å²) in [4.78, 5) is 29.8. The zero-order valence-corrected chi connectivity index (χ0v) is 16.1. The Hall–Kier alpha value is -1.53. The molecule has 0 spiro atoms. The Labute approximate surface area is 155 Å². The Morgan fingerprint density at radius 3 is 2.52 bits per heavy atom. The topological polar surface area (TPSA) is 52.7 Å². The van der Waals surface area contributed by atoms with Crippen molar-refractivity contribution < 1.29 is 9.59 Å². The quantitative estimate of drug-likeness (QED) is 0.685. The molecule has 138 valence electrons. The van der Waals surface area contributed by atoms with Crippen molar-refractivity contribution in [2.24, 2.45) is 0 Å². The van der Waals surface area contributed by atoms with Gasteiger partial charge in [0.2, 0.25) is 5.91 Å². The Kier molecular flexibility index (Phi) is 8.28. The Bertz CT molecular complexity index is 570. The number of hydrogen-bond acceptors (Lipinski definition) is 4. The fourth-order valence-corrected chi connectivity index (χ4v) is 3.89. The Morgan fingerprint density at radius 1 is 1.16 bits per heavy atom. The van der Waals surface area contributed by atoms with Crippen molar-refractivity contribution in [1.82, 2.24) is 15.1 Å². The van der Waals surface area contributed by atoms with Crippen LogP contribution < -0.4 is 5.32 Å². The van der Waals surface area contributed by atoms with Crippen molar-refractivity contribution in [3.63, 3.8) is 0 Å². The number of benzene rings is 1. The van der Waals surface area contributed by atoms with Crippen molar-refractivity contribution in [2.45, 2.75) is 31.6 Å². The summed E-state index contributed by atoms with van der Waals surface area (Å²) in [6, 6.07) is 7.53. The fraction of sp³-hybridized carbons (Fsp3) is 0.579. The van der Waals surface area contributed by atoms with Crippen LogP contribution in [-0.2, 0) is 4.79 Å². The molecule has 2 rings (SSSR count). The monoisotopic (exact) mass is 363 g/mol. The van der Waals surface area contributed by atoms with Crippen LogP contribution in [0.15, 0.2) is 29.2 Å². The maximum absolute atomic E-state index is 12.5. The molecule has 1 aliphatic rings. The molecule has 2 amide bonds. The third-order valence-electron chi connectivity index (χ3n) is 4.55. The molecule has 0 unspecified atom stereocenters. The first-order valence-corrected chi connectivity index (χ1v) is 10.1. The van der Waals surface area contributed by atoms with Gasteiger partial charge >= 0.3 is 0 Å². The van der Waals surface area contributed by atoms with Crippen LogP contribution in [0.1, 0.15) is 37.0 Å². The van der Waals surface area contributed by atoms with E-state index in [1.807, 2.05) is 29.2 Å². The number of nitrogens with one attached hydrogen (secondary N) is 1. The number of likely N-dealkylation sites (N-methyl/N-ethyl adjacent to an activating group) is 1. The summed E-state index contributed by atoms with van der Waals surface area (Å²) >= 11 is 1.46. The molecule has 1 N–H and O–H groups in total. The minimum Gasteiger partial charge on any atom is -0.351 e. The number of thioether (sulfide) groups is 1. The third kappa shape index (κ3) is 6.04. The van der Waals surface area contributed by atoms with E-state index in [1.54, 1.807) is 0 Å². The van der Waals surface area contributed by atoms with E-state index in [2.05, 4.69) is 24.1 Å². The van der Waals surface area contributed by atoms with Gasteiger partial charge in [-0.25, -0.2) is 0 Å². The smallest absolute Gasteiger partial charge is 0.252 e. The molecule has 1 heterocycles. The lowest BCUT2D eigenvalue weighted by Gasteiger charge is -2.18. The van der Waals surface area contributed by atoms with Gasteiger partial charge in [0.15, 0.2) is 0 Å². The molecule has 1 saturated heterocycles. The number of likely N-dealkylation sites (tertiary alicyclic amines) is 1. The van der Waals surface area contributed by atoms with Crippen molar-refractivity contribution >= 4 is 23.6 Å². The van der Waals surface area contributed by atoms with Crippen molar-refractivity contribution in [3.05, 3.63) is 29.8 Å². The number of carbonyl (C=O) groups excluding carboxylic acids is 2. The predicted molar refractivity (Wildman–Crippen MR) is 103 cm³/mol. The summed E-state index contributed by atoms with van der Waals surface area (Å²) in [7, 11) is 0. The predicted octanol–water partition coefficient (Wildman–Crippen LogP) is 2.47. The second kappa shape index (κ2) is 10.5. The molecule has 0 atom stereocenters. The molecular weight excluding hydrogens is 334 g/mol. The molecule has 0 saturated carbocycles. The van der Waals surface area contributed by atoms with E-state index in [1.165, 1.54) is 11.8 Å². The summed E-state index contributed by atoms with van der Waals surface area (Å²) in [5.74, 6) is 0.493. The molecule has 0 radical (unpaired) electrons. The van der Waals surface area contributed by atoms with Crippen LogP contribution in [-0.4, -0.2) is 66.6 Å². The van der Waals surface area contributed by atoms with Crippen LogP contribution in [0.25, 0.3) is 0 Å². The van der Waals surface area contributed by atoms with Gasteiger partial charge in [0.05, 0.1) is 11.3 Å². The van der Waals surface area contributed by atoms with Gasteiger partial charge in [0, 0.05) is 31.1 Å². The first-order chi connectivity index (χ1) is 12.2. The highest BCUT2D eigenvalue weighted by atomic mass is 32.2. The zero-order chi connectivity index (χ0) is 18.1. The van der Waals surface area contributed by atoms with E-state index < -0.39 is 0 Å². The lowest BCUT2D eigenvalue weighted by Crippen LogP contribution is -2.35. The molecule has 0 aromatic heterocycles. The molecule has 25 heavy (non-hydrogen) atoms. The minimum atomic E-state index is -0.0659. The molecule has 0 bridgehead atoms. The van der Waals surface area contributed by atoms with Crippen LogP contribution in [0.2, 0.25) is 0 Å². The zero-order valence-electron chi connectivity index (χ0n) is 15.3. The number of amides is 2. The van der Waals surface area contributed by atoms with Gasteiger partial charge < -0.3 is 15.1 Å². The first kappa shape index (κ1) is 19.8. The SMILES string of the molecule is CCN(CC)CCNC(=O)c1ccccc1SCC(=O)N1CCCC1. The minimum absolute atomic E-state index is 0.0659. The highest BCUT2D eigenvalue weighted by Crippen LogP contribution is 2.23. The van der Waals surface area contributed by atoms with Crippen molar-refractivity contribution in [1.29, 1.82) is 0 Å². The molecular formula is C19H29N3O2S. The molecule has 6 heteroatoms. The second-order valence-corrected chi connectivity index (χ2v) is 7.17. The van der Waals surface area contributed by atoms with Gasteiger partial charge in [-0.15, -0.1) is 11.8 Å². The Morgan fingerprint density at radius 2 is 1.84 bits per heavy atom. The van der Waals surface area contributed by atoms with Crippen LogP contribution in [0.3, 0.4) is 0 Å². The standard InChI is InChI=1S/C19H29N3O2S/c1-3-21(4-2)14-11-20-19(24)16-9-5-6-10-17(16)25-15-18(23)22-12-7-8-13-22/h5-6,9-10H,3-4,7-8,11-15H2,1-2H3,(H,20,24). The van der Waals surface area contributed by atoms with E-state index in [-0.39, 0.29) is 11.8 Å². The maximum atomic E-state index is 12.5. The van der Waals surface area contributed by atoms with Gasteiger partial charge in [-0.2, -0.15) is 0 Å². The average Bonchev–Trinajstić information content (AvgIpc) is 3.18. The van der Waals surface area contributed by atoms with Gasteiger partial charge in [0.25, 0.3) is 5.91 Å². The summed E-state index contributed by atoms with van der Waals surface area (Å²) in [6.45, 7) is 9.42. The normalized spacial score (nSPS) is 14.1. The summed E-state index contributed by atoms with van der Waals surface area (Å²) in [6.07, 6.45) is 2.20. The van der Waals surface area contributed by atoms with Gasteiger partial charge in [-0.05, 0) is 38.1 Å². The van der Waals surface area contributed by atoms with Gasteiger partial charge in [-0.3, -0.25) is 9.59 Å². The van der Waals surface area contributed by atoms with Crippen molar-refractivity contribution in [2.75, 3.05) is 45.0 Å². The van der Waals surface area contributed by atoms with E-state index >= 15 is 0 Å². The summed E-state index contributed by atoms with van der Waals surface area (Å²) in [5.41, 5.74) is 0.654. The summed E-state index contributed by atoms with van der Waals surface area (Å²) in [5, 5.41) is 2.99. The van der Waals surface area contributed by atoms with Crippen LogP contribution in [0.4, 0.5) is 0 Å². The van der Waals surface area contributed by atoms with E-state index in [4.69, 9.17) is 0 Å². The lowest BCUT2D eigenvalue weighted by atomic mass is 10.2. The van der Waals surface area contributed by atoms with Gasteiger partial charge in [-0.1, -0.05) is 26.0 Å². The first-order valence-electron chi connectivity index (χ1n) is 9.15. The highest BCUT2D eigenvalue weighted by Gasteiger charge is 2.19. The number of hydrogen-bond donors (Lipinski definition) is 1. The number of carbonyl (C=O) groups is 2. The average molecular weight is 364 g/mol. The van der Waals surface area contributed by atoms with Crippen LogP contribution in [0, 0.1) is 0 Å². The Balaban J connectivity index is 1.88. The van der Waals surface area contributed by atoms with E-state index in [9.17, 15) is 9.59 Å². The molecule has 1 fully saturated rings. The lowest BCUT2D eigenvalue weighted by molar-refractivity contribution is -0.127. The molecule has 0 aliphatic carbocycles. The molecule has 5 nitrogen and oxygen atoms in total. The number of nitrogens with zero attached hydrogens (tertiary/aromatic N) is 2. The fourth-order valence-electron chi connectivity index (χ4n) is 2.94. The largest absolute Gasteiger partial charge is 0.351 e. The summed E-state index contributed by atoms with van der Waals surface area (Å²) < 4.78 is 0. The highest BCUT2D eigenvalue weighted by molar-refractivity contribution is 8.00. The van der Waals surface area contributed by atoms with Crippen LogP contribution in [0.5, 0.6) is 0 Å². The third-order valence-corrected chi connectivity index (χ3v) is 5.61. The van der Waals surface area contributed by atoms with Crippen molar-refractivity contribution in [3.8, 4) is 0 Å². The van der Waals surface area contributed by atoms with Gasteiger partial charge in [0.1, 0.15) is 0 Å². The maximum Gasteiger partial charge on any atom is 0.252 e. The second-order valence-electron chi connectivity index (χ2n) is 6.16. The molecule has 1 aliphatic heterocycles. The molecule has 1 aromatic carbocycles. The number of rotatable bonds is 9. The molecule has 1 aromatic rings.